The van der Waals surface area contributed by atoms with Crippen LogP contribution in [-0.4, -0.2) is 31.2 Å². The number of hydrogen-bond acceptors (Lipinski definition) is 4. The highest BCUT2D eigenvalue weighted by atomic mass is 79.9. The standard InChI is InChI=1S/C19H21BrN2O3/c1-12-5-4-6-16(13(12)2)21-19(23)10-22(3)9-14-7-17-18(8-15(14)20)25-11-24-17/h4-8H,9-11H2,1-3H3,(H,21,23). The molecule has 0 radical (unpaired) electrons. The highest BCUT2D eigenvalue weighted by molar-refractivity contribution is 9.10. The van der Waals surface area contributed by atoms with Crippen LogP contribution in [0.4, 0.5) is 5.69 Å². The molecule has 5 nitrogen and oxygen atoms in total. The maximum Gasteiger partial charge on any atom is 0.238 e. The predicted molar refractivity (Wildman–Crippen MR) is 101 cm³/mol. The van der Waals surface area contributed by atoms with Gasteiger partial charge < -0.3 is 14.8 Å². The van der Waals surface area contributed by atoms with Gasteiger partial charge in [-0.3, -0.25) is 9.69 Å². The zero-order valence-electron chi connectivity index (χ0n) is 14.6. The number of nitrogens with zero attached hydrogens (tertiary/aromatic N) is 1. The number of ether oxygens (including phenoxy) is 2. The molecule has 1 aliphatic heterocycles. The van der Waals surface area contributed by atoms with Crippen molar-refractivity contribution in [1.82, 2.24) is 4.90 Å². The Morgan fingerprint density at radius 1 is 1.24 bits per heavy atom. The minimum absolute atomic E-state index is 0.0342. The Morgan fingerprint density at radius 2 is 1.96 bits per heavy atom. The number of likely N-dealkylation sites (N-methyl/N-ethyl adjacent to an activating group) is 1. The van der Waals surface area contributed by atoms with Crippen molar-refractivity contribution in [2.75, 3.05) is 25.7 Å². The minimum atomic E-state index is -0.0342. The Labute approximate surface area is 156 Å². The van der Waals surface area contributed by atoms with Gasteiger partial charge in [-0.25, -0.2) is 0 Å². The molecular weight excluding hydrogens is 384 g/mol. The van der Waals surface area contributed by atoms with Crippen LogP contribution in [0.15, 0.2) is 34.8 Å². The molecule has 1 amide bonds. The third-order valence-electron chi connectivity index (χ3n) is 4.27. The molecule has 25 heavy (non-hydrogen) atoms. The van der Waals surface area contributed by atoms with Gasteiger partial charge in [0.15, 0.2) is 11.5 Å². The Hall–Kier alpha value is -2.05. The predicted octanol–water partition coefficient (Wildman–Crippen LogP) is 3.87. The zero-order valence-corrected chi connectivity index (χ0v) is 16.1. The highest BCUT2D eigenvalue weighted by Gasteiger charge is 2.18. The fourth-order valence-corrected chi connectivity index (χ4v) is 3.20. The summed E-state index contributed by atoms with van der Waals surface area (Å²) in [5.74, 6) is 1.45. The number of aryl methyl sites for hydroxylation is 1. The van der Waals surface area contributed by atoms with Gasteiger partial charge in [-0.1, -0.05) is 28.1 Å². The second kappa shape index (κ2) is 7.45. The minimum Gasteiger partial charge on any atom is -0.454 e. The van der Waals surface area contributed by atoms with E-state index >= 15 is 0 Å². The van der Waals surface area contributed by atoms with E-state index in [2.05, 4.69) is 21.2 Å². The molecule has 0 saturated heterocycles. The summed E-state index contributed by atoms with van der Waals surface area (Å²) in [6.07, 6.45) is 0. The van der Waals surface area contributed by atoms with E-state index in [9.17, 15) is 4.79 Å². The first-order valence-corrected chi connectivity index (χ1v) is 8.86. The van der Waals surface area contributed by atoms with Crippen molar-refractivity contribution in [3.05, 3.63) is 51.5 Å². The molecule has 3 rings (SSSR count). The molecule has 0 atom stereocenters. The Kier molecular flexibility index (Phi) is 5.30. The first-order valence-electron chi connectivity index (χ1n) is 8.06. The van der Waals surface area contributed by atoms with Crippen molar-refractivity contribution < 1.29 is 14.3 Å². The average Bonchev–Trinajstić information content (AvgIpc) is 2.99. The lowest BCUT2D eigenvalue weighted by Crippen LogP contribution is -2.30. The van der Waals surface area contributed by atoms with Gasteiger partial charge in [0, 0.05) is 16.7 Å². The number of carbonyl (C=O) groups is 1. The fourth-order valence-electron chi connectivity index (χ4n) is 2.75. The van der Waals surface area contributed by atoms with Crippen molar-refractivity contribution in [2.24, 2.45) is 0 Å². The summed E-state index contributed by atoms with van der Waals surface area (Å²) < 4.78 is 11.7. The largest absolute Gasteiger partial charge is 0.454 e. The first-order chi connectivity index (χ1) is 11.9. The van der Waals surface area contributed by atoms with Crippen LogP contribution in [0.2, 0.25) is 0 Å². The number of amides is 1. The lowest BCUT2D eigenvalue weighted by Gasteiger charge is -2.18. The third-order valence-corrected chi connectivity index (χ3v) is 5.01. The summed E-state index contributed by atoms with van der Waals surface area (Å²) in [6, 6.07) is 9.77. The molecule has 1 aliphatic rings. The highest BCUT2D eigenvalue weighted by Crippen LogP contribution is 2.37. The van der Waals surface area contributed by atoms with E-state index in [-0.39, 0.29) is 12.7 Å². The topological polar surface area (TPSA) is 50.8 Å². The Balaban J connectivity index is 1.62. The molecule has 132 valence electrons. The third kappa shape index (κ3) is 4.14. The van der Waals surface area contributed by atoms with Crippen LogP contribution in [0.1, 0.15) is 16.7 Å². The number of anilines is 1. The van der Waals surface area contributed by atoms with Gasteiger partial charge in [-0.15, -0.1) is 0 Å². The fraction of sp³-hybridized carbons (Fsp3) is 0.316. The number of carbonyl (C=O) groups excluding carboxylic acids is 1. The summed E-state index contributed by atoms with van der Waals surface area (Å²) in [6.45, 7) is 5.22. The molecule has 0 aliphatic carbocycles. The molecule has 0 aromatic heterocycles. The molecule has 1 heterocycles. The van der Waals surface area contributed by atoms with Crippen LogP contribution in [0, 0.1) is 13.8 Å². The SMILES string of the molecule is Cc1cccc(NC(=O)CN(C)Cc2cc3c(cc2Br)OCO3)c1C. The normalized spacial score (nSPS) is 12.5. The maximum atomic E-state index is 12.3. The number of nitrogens with one attached hydrogen (secondary N) is 1. The van der Waals surface area contributed by atoms with Crippen LogP contribution in [0.5, 0.6) is 11.5 Å². The summed E-state index contributed by atoms with van der Waals surface area (Å²) >= 11 is 3.55. The molecule has 0 saturated carbocycles. The van der Waals surface area contributed by atoms with E-state index in [1.165, 1.54) is 0 Å². The second-order valence-electron chi connectivity index (χ2n) is 6.26. The van der Waals surface area contributed by atoms with Crippen molar-refractivity contribution in [3.63, 3.8) is 0 Å². The summed E-state index contributed by atoms with van der Waals surface area (Å²) in [4.78, 5) is 14.3. The van der Waals surface area contributed by atoms with Gasteiger partial charge in [0.1, 0.15) is 0 Å². The van der Waals surface area contributed by atoms with Gasteiger partial charge in [-0.2, -0.15) is 0 Å². The number of halogens is 1. The smallest absolute Gasteiger partial charge is 0.238 e. The van der Waals surface area contributed by atoms with E-state index in [1.807, 2.05) is 56.1 Å². The van der Waals surface area contributed by atoms with E-state index in [1.54, 1.807) is 0 Å². The van der Waals surface area contributed by atoms with Crippen molar-refractivity contribution in [1.29, 1.82) is 0 Å². The first kappa shape index (κ1) is 17.8. The van der Waals surface area contributed by atoms with E-state index in [0.29, 0.717) is 13.1 Å². The van der Waals surface area contributed by atoms with E-state index in [0.717, 1.165) is 38.3 Å². The molecular formula is C19H21BrN2O3. The molecule has 6 heteroatoms. The molecule has 2 aromatic carbocycles. The average molecular weight is 405 g/mol. The molecule has 0 fully saturated rings. The lowest BCUT2D eigenvalue weighted by atomic mass is 10.1. The van der Waals surface area contributed by atoms with E-state index in [4.69, 9.17) is 9.47 Å². The van der Waals surface area contributed by atoms with Crippen LogP contribution < -0.4 is 14.8 Å². The van der Waals surface area contributed by atoms with Crippen LogP contribution >= 0.6 is 15.9 Å². The monoisotopic (exact) mass is 404 g/mol. The number of fused-ring (bicyclic) bond motifs is 1. The van der Waals surface area contributed by atoms with Crippen molar-refractivity contribution >= 4 is 27.5 Å². The van der Waals surface area contributed by atoms with Crippen LogP contribution in [0.25, 0.3) is 0 Å². The van der Waals surface area contributed by atoms with Crippen LogP contribution in [-0.2, 0) is 11.3 Å². The second-order valence-corrected chi connectivity index (χ2v) is 7.12. The summed E-state index contributed by atoms with van der Waals surface area (Å²) in [5, 5.41) is 2.99. The molecule has 0 bridgehead atoms. The van der Waals surface area contributed by atoms with Gasteiger partial charge in [0.05, 0.1) is 6.54 Å². The maximum absolute atomic E-state index is 12.3. The van der Waals surface area contributed by atoms with Crippen molar-refractivity contribution in [3.8, 4) is 11.5 Å². The molecule has 0 spiro atoms. The molecule has 0 unspecified atom stereocenters. The van der Waals surface area contributed by atoms with E-state index < -0.39 is 0 Å². The number of benzene rings is 2. The zero-order chi connectivity index (χ0) is 18.0. The molecule has 2 aromatic rings. The Bertz CT molecular complexity index is 807. The lowest BCUT2D eigenvalue weighted by molar-refractivity contribution is -0.117. The van der Waals surface area contributed by atoms with Gasteiger partial charge in [-0.05, 0) is 55.8 Å². The quantitative estimate of drug-likeness (QED) is 0.821. The summed E-state index contributed by atoms with van der Waals surface area (Å²) in [7, 11) is 1.92. The summed E-state index contributed by atoms with van der Waals surface area (Å²) in [5.41, 5.74) is 4.17. The number of rotatable bonds is 5. The molecule has 1 N–H and O–H groups in total. The van der Waals surface area contributed by atoms with Gasteiger partial charge >= 0.3 is 0 Å². The van der Waals surface area contributed by atoms with Gasteiger partial charge in [0.2, 0.25) is 12.7 Å². The van der Waals surface area contributed by atoms with Crippen LogP contribution in [0.3, 0.4) is 0 Å². The van der Waals surface area contributed by atoms with Crippen molar-refractivity contribution in [2.45, 2.75) is 20.4 Å². The number of hydrogen-bond donors (Lipinski definition) is 1. The van der Waals surface area contributed by atoms with Gasteiger partial charge in [0.25, 0.3) is 0 Å². The Morgan fingerprint density at radius 3 is 2.72 bits per heavy atom.